The number of hydrogen-bond acceptors (Lipinski definition) is 1. The zero-order valence-corrected chi connectivity index (χ0v) is 14.7. The molecule has 0 heterocycles. The molecule has 2 fully saturated rings. The third kappa shape index (κ3) is 6.43. The minimum atomic E-state index is -4.28. The van der Waals surface area contributed by atoms with Crippen LogP contribution in [0.25, 0.3) is 0 Å². The summed E-state index contributed by atoms with van der Waals surface area (Å²) in [4.78, 5) is 10.2. The molecule has 2 saturated carbocycles. The standard InChI is InChI=1S/C12H12F3NO.C7H11F3/c13-12(14,15)10-3-1-8(2-4-10)9-5-11(6-9)16-7-17;8-7(9,10)6-4-2-1-3-5-6/h1-4,7,9,11H,5-6H2,(H,16,17);6H,1-5H2. The van der Waals surface area contributed by atoms with Gasteiger partial charge in [0.25, 0.3) is 0 Å². The van der Waals surface area contributed by atoms with E-state index in [1.165, 1.54) is 12.1 Å². The molecule has 2 nitrogen and oxygen atoms in total. The number of nitrogens with one attached hydrogen (secondary N) is 1. The van der Waals surface area contributed by atoms with Gasteiger partial charge in [0.1, 0.15) is 0 Å². The van der Waals surface area contributed by atoms with Crippen LogP contribution in [-0.4, -0.2) is 18.6 Å². The van der Waals surface area contributed by atoms with Crippen LogP contribution in [0.1, 0.15) is 62.0 Å². The van der Waals surface area contributed by atoms with Crippen LogP contribution in [0, 0.1) is 5.92 Å². The van der Waals surface area contributed by atoms with Crippen LogP contribution in [0.5, 0.6) is 0 Å². The summed E-state index contributed by atoms with van der Waals surface area (Å²) in [5.74, 6) is -0.740. The molecule has 1 aromatic rings. The van der Waals surface area contributed by atoms with E-state index in [1.807, 2.05) is 0 Å². The van der Waals surface area contributed by atoms with Crippen molar-refractivity contribution in [3.63, 3.8) is 0 Å². The summed E-state index contributed by atoms with van der Waals surface area (Å²) >= 11 is 0. The highest BCUT2D eigenvalue weighted by atomic mass is 19.4. The maximum atomic E-state index is 12.3. The van der Waals surface area contributed by atoms with Gasteiger partial charge in [0.05, 0.1) is 11.5 Å². The molecule has 2 aliphatic rings. The highest BCUT2D eigenvalue weighted by Crippen LogP contribution is 2.38. The van der Waals surface area contributed by atoms with E-state index in [1.54, 1.807) is 0 Å². The molecule has 0 radical (unpaired) electrons. The van der Waals surface area contributed by atoms with Crippen molar-refractivity contribution >= 4 is 6.41 Å². The predicted octanol–water partition coefficient (Wildman–Crippen LogP) is 5.83. The zero-order chi connectivity index (χ0) is 20.1. The Hall–Kier alpha value is -1.73. The van der Waals surface area contributed by atoms with Crippen LogP contribution in [0.4, 0.5) is 26.3 Å². The number of rotatable bonds is 3. The average molecular weight is 395 g/mol. The Labute approximate surface area is 154 Å². The van der Waals surface area contributed by atoms with E-state index in [4.69, 9.17) is 0 Å². The molecule has 1 amide bonds. The van der Waals surface area contributed by atoms with Crippen molar-refractivity contribution in [2.45, 2.75) is 69.3 Å². The van der Waals surface area contributed by atoms with Gasteiger partial charge in [-0.3, -0.25) is 4.79 Å². The van der Waals surface area contributed by atoms with Crippen LogP contribution in [0.3, 0.4) is 0 Å². The summed E-state index contributed by atoms with van der Waals surface area (Å²) in [7, 11) is 0. The van der Waals surface area contributed by atoms with Crippen molar-refractivity contribution in [1.29, 1.82) is 0 Å². The molecule has 0 spiro atoms. The van der Waals surface area contributed by atoms with Gasteiger partial charge in [-0.2, -0.15) is 26.3 Å². The predicted molar refractivity (Wildman–Crippen MR) is 89.0 cm³/mol. The van der Waals surface area contributed by atoms with Gasteiger partial charge in [-0.05, 0) is 49.3 Å². The highest BCUT2D eigenvalue weighted by molar-refractivity contribution is 5.47. The van der Waals surface area contributed by atoms with E-state index in [2.05, 4.69) is 5.32 Å². The van der Waals surface area contributed by atoms with E-state index < -0.39 is 23.8 Å². The van der Waals surface area contributed by atoms with Gasteiger partial charge in [0.2, 0.25) is 6.41 Å². The van der Waals surface area contributed by atoms with Crippen LogP contribution in [0.15, 0.2) is 24.3 Å². The quantitative estimate of drug-likeness (QED) is 0.507. The summed E-state index contributed by atoms with van der Waals surface area (Å²) in [5.41, 5.74) is 0.282. The molecule has 152 valence electrons. The molecule has 0 saturated heterocycles. The van der Waals surface area contributed by atoms with Crippen molar-refractivity contribution in [3.8, 4) is 0 Å². The van der Waals surface area contributed by atoms with E-state index in [0.29, 0.717) is 19.3 Å². The van der Waals surface area contributed by atoms with Gasteiger partial charge < -0.3 is 5.32 Å². The summed E-state index contributed by atoms with van der Waals surface area (Å²) in [5, 5.41) is 2.66. The molecule has 0 unspecified atom stereocenters. The van der Waals surface area contributed by atoms with Gasteiger partial charge in [-0.15, -0.1) is 0 Å². The SMILES string of the molecule is FC(F)(F)C1CCCCC1.O=CNC1CC(c2ccc(C(F)(F)F)cc2)C1. The van der Waals surface area contributed by atoms with Gasteiger partial charge in [0, 0.05) is 6.04 Å². The first kappa shape index (κ1) is 21.6. The van der Waals surface area contributed by atoms with Gasteiger partial charge in [-0.1, -0.05) is 31.4 Å². The Morgan fingerprint density at radius 1 is 0.889 bits per heavy atom. The second-order valence-corrected chi connectivity index (χ2v) is 7.15. The van der Waals surface area contributed by atoms with Crippen LogP contribution in [-0.2, 0) is 11.0 Å². The molecule has 0 atom stereocenters. The molecule has 3 rings (SSSR count). The van der Waals surface area contributed by atoms with E-state index in [9.17, 15) is 31.1 Å². The summed E-state index contributed by atoms with van der Waals surface area (Å²) in [6, 6.07) is 5.42. The lowest BCUT2D eigenvalue weighted by atomic mass is 9.76. The topological polar surface area (TPSA) is 29.1 Å². The van der Waals surface area contributed by atoms with Gasteiger partial charge in [-0.25, -0.2) is 0 Å². The fourth-order valence-electron chi connectivity index (χ4n) is 3.50. The van der Waals surface area contributed by atoms with Crippen molar-refractivity contribution in [1.82, 2.24) is 5.32 Å². The Balaban J connectivity index is 0.000000223. The number of alkyl halides is 6. The highest BCUT2D eigenvalue weighted by Gasteiger charge is 2.39. The second-order valence-electron chi connectivity index (χ2n) is 7.15. The van der Waals surface area contributed by atoms with Crippen molar-refractivity contribution < 1.29 is 31.1 Å². The average Bonchev–Trinajstić information content (AvgIpc) is 2.58. The first-order chi connectivity index (χ1) is 12.6. The molecular weight excluding hydrogens is 372 g/mol. The first-order valence-electron chi connectivity index (χ1n) is 9.05. The number of carbonyl (C=O) groups excluding carboxylic acids is 1. The summed E-state index contributed by atoms with van der Waals surface area (Å²) in [6.07, 6.45) is -2.77. The molecule has 27 heavy (non-hydrogen) atoms. The van der Waals surface area contributed by atoms with Crippen LogP contribution >= 0.6 is 0 Å². The molecular formula is C19H23F6NO. The molecule has 1 N–H and O–H groups in total. The maximum absolute atomic E-state index is 12.3. The van der Waals surface area contributed by atoms with Crippen LogP contribution in [0.2, 0.25) is 0 Å². The smallest absolute Gasteiger partial charge is 0.356 e. The van der Waals surface area contributed by atoms with Crippen molar-refractivity contribution in [2.75, 3.05) is 0 Å². The van der Waals surface area contributed by atoms with Crippen LogP contribution < -0.4 is 5.32 Å². The lowest BCUT2D eigenvalue weighted by Crippen LogP contribution is -2.39. The molecule has 2 aliphatic carbocycles. The monoisotopic (exact) mass is 395 g/mol. The fourth-order valence-corrected chi connectivity index (χ4v) is 3.50. The van der Waals surface area contributed by atoms with E-state index >= 15 is 0 Å². The third-order valence-corrected chi connectivity index (χ3v) is 5.22. The number of halogens is 6. The molecule has 0 bridgehead atoms. The second kappa shape index (κ2) is 8.97. The Morgan fingerprint density at radius 3 is 1.85 bits per heavy atom. The minimum absolute atomic E-state index is 0.166. The third-order valence-electron chi connectivity index (χ3n) is 5.22. The lowest BCUT2D eigenvalue weighted by molar-refractivity contribution is -0.181. The zero-order valence-electron chi connectivity index (χ0n) is 14.7. The summed E-state index contributed by atoms with van der Waals surface area (Å²) in [6.45, 7) is 0. The number of hydrogen-bond donors (Lipinski definition) is 1. The fraction of sp³-hybridized carbons (Fsp3) is 0.632. The van der Waals surface area contributed by atoms with E-state index in [-0.39, 0.29) is 12.0 Å². The number of amides is 1. The Morgan fingerprint density at radius 2 is 1.44 bits per heavy atom. The minimum Gasteiger partial charge on any atom is -0.356 e. The maximum Gasteiger partial charge on any atom is 0.416 e. The van der Waals surface area contributed by atoms with Gasteiger partial charge >= 0.3 is 12.4 Å². The van der Waals surface area contributed by atoms with Crippen molar-refractivity contribution in [2.24, 2.45) is 5.92 Å². The number of carbonyl (C=O) groups is 1. The Bertz CT molecular complexity index is 584. The van der Waals surface area contributed by atoms with Gasteiger partial charge in [0.15, 0.2) is 0 Å². The molecule has 0 aliphatic heterocycles. The lowest BCUT2D eigenvalue weighted by Gasteiger charge is -2.35. The Kier molecular flexibility index (Phi) is 7.17. The first-order valence-corrected chi connectivity index (χ1v) is 9.05. The number of benzene rings is 1. The molecule has 0 aromatic heterocycles. The molecule has 1 aromatic carbocycles. The largest absolute Gasteiger partial charge is 0.416 e. The molecule has 8 heteroatoms. The van der Waals surface area contributed by atoms with E-state index in [0.717, 1.165) is 49.8 Å². The van der Waals surface area contributed by atoms with Crippen molar-refractivity contribution in [3.05, 3.63) is 35.4 Å². The normalized spacial score (nSPS) is 23.6. The summed E-state index contributed by atoms with van der Waals surface area (Å²) < 4.78 is 72.8.